The largest absolute Gasteiger partial charge is 0.354 e. The first kappa shape index (κ1) is 19.7. The van der Waals surface area contributed by atoms with Crippen molar-refractivity contribution < 1.29 is 4.79 Å². The average molecular weight is 305 g/mol. The van der Waals surface area contributed by atoms with Crippen molar-refractivity contribution in [2.24, 2.45) is 11.8 Å². The highest BCUT2D eigenvalue weighted by Gasteiger charge is 2.25. The van der Waals surface area contributed by atoms with Crippen LogP contribution >= 0.6 is 12.4 Å². The fourth-order valence-corrected chi connectivity index (χ4v) is 3.02. The molecule has 20 heavy (non-hydrogen) atoms. The van der Waals surface area contributed by atoms with Gasteiger partial charge in [-0.15, -0.1) is 12.4 Å². The lowest BCUT2D eigenvalue weighted by atomic mass is 9.79. The Kier molecular flexibility index (Phi) is 11.2. The normalized spacial score (nSPS) is 23.8. The molecule has 1 fully saturated rings. The number of amides is 1. The zero-order valence-electron chi connectivity index (χ0n) is 13.4. The first-order valence-corrected chi connectivity index (χ1v) is 8.18. The fourth-order valence-electron chi connectivity index (χ4n) is 3.02. The maximum atomic E-state index is 12.1. The third-order valence-corrected chi connectivity index (χ3v) is 4.32. The minimum atomic E-state index is 0. The first-order valence-electron chi connectivity index (χ1n) is 8.18. The molecule has 1 aliphatic rings. The molecule has 0 radical (unpaired) electrons. The van der Waals surface area contributed by atoms with Gasteiger partial charge in [-0.1, -0.05) is 33.1 Å². The highest BCUT2D eigenvalue weighted by atomic mass is 35.5. The molecule has 120 valence electrons. The molecule has 0 saturated heterocycles. The Balaban J connectivity index is 0.00000361. The van der Waals surface area contributed by atoms with Gasteiger partial charge in [-0.2, -0.15) is 0 Å². The van der Waals surface area contributed by atoms with Crippen LogP contribution in [0.3, 0.4) is 0 Å². The van der Waals surface area contributed by atoms with Crippen LogP contribution in [0.5, 0.6) is 0 Å². The summed E-state index contributed by atoms with van der Waals surface area (Å²) in [5.41, 5.74) is 0. The molecule has 1 atom stereocenters. The lowest BCUT2D eigenvalue weighted by Crippen LogP contribution is -2.41. The Bertz CT molecular complexity index is 253. The summed E-state index contributed by atoms with van der Waals surface area (Å²) >= 11 is 0. The second-order valence-corrected chi connectivity index (χ2v) is 6.06. The molecule has 0 bridgehead atoms. The molecule has 0 heterocycles. The summed E-state index contributed by atoms with van der Waals surface area (Å²) in [6.07, 6.45) is 8.69. The van der Waals surface area contributed by atoms with E-state index in [4.69, 9.17) is 0 Å². The maximum Gasteiger partial charge on any atom is 0.223 e. The Morgan fingerprint density at radius 2 is 1.85 bits per heavy atom. The van der Waals surface area contributed by atoms with Crippen molar-refractivity contribution >= 4 is 18.3 Å². The van der Waals surface area contributed by atoms with Gasteiger partial charge in [0.1, 0.15) is 0 Å². The quantitative estimate of drug-likeness (QED) is 0.720. The summed E-state index contributed by atoms with van der Waals surface area (Å²) in [4.78, 5) is 12.1. The van der Waals surface area contributed by atoms with Gasteiger partial charge in [0.2, 0.25) is 5.91 Å². The third kappa shape index (κ3) is 7.49. The highest BCUT2D eigenvalue weighted by molar-refractivity contribution is 5.85. The van der Waals surface area contributed by atoms with E-state index in [9.17, 15) is 4.79 Å². The molecular formula is C16H33ClN2O. The molecule has 1 rings (SSSR count). The summed E-state index contributed by atoms with van der Waals surface area (Å²) < 4.78 is 0. The van der Waals surface area contributed by atoms with E-state index < -0.39 is 0 Å². The van der Waals surface area contributed by atoms with E-state index in [-0.39, 0.29) is 24.2 Å². The molecule has 2 N–H and O–H groups in total. The second-order valence-electron chi connectivity index (χ2n) is 6.06. The molecule has 4 heteroatoms. The van der Waals surface area contributed by atoms with Crippen molar-refractivity contribution in [1.29, 1.82) is 0 Å². The van der Waals surface area contributed by atoms with E-state index in [1.54, 1.807) is 0 Å². The summed E-state index contributed by atoms with van der Waals surface area (Å²) in [6.45, 7) is 8.17. The third-order valence-electron chi connectivity index (χ3n) is 4.32. The van der Waals surface area contributed by atoms with Crippen molar-refractivity contribution in [3.8, 4) is 0 Å². The van der Waals surface area contributed by atoms with Crippen LogP contribution in [-0.4, -0.2) is 25.0 Å². The number of carbonyl (C=O) groups excluding carboxylic acids is 1. The molecule has 0 aromatic heterocycles. The molecule has 1 saturated carbocycles. The Morgan fingerprint density at radius 3 is 2.40 bits per heavy atom. The van der Waals surface area contributed by atoms with Crippen LogP contribution in [0.1, 0.15) is 65.7 Å². The molecule has 3 nitrogen and oxygen atoms in total. The van der Waals surface area contributed by atoms with Crippen LogP contribution in [0.25, 0.3) is 0 Å². The minimum Gasteiger partial charge on any atom is -0.354 e. The Morgan fingerprint density at radius 1 is 1.20 bits per heavy atom. The zero-order chi connectivity index (χ0) is 14.1. The standard InChI is InChI=1S/C16H32N2O.ClH/c1-4-6-7-14-8-10-15(11-9-14)16(19)18-12-13(3)17-5-2;/h13-15,17H,4-12H2,1-3H3,(H,18,19);1H/t13-,14?,15?;/m1./s1. The highest BCUT2D eigenvalue weighted by Crippen LogP contribution is 2.31. The number of halogens is 1. The van der Waals surface area contributed by atoms with Gasteiger partial charge in [0, 0.05) is 18.5 Å². The molecule has 0 aliphatic heterocycles. The number of hydrogen-bond donors (Lipinski definition) is 2. The van der Waals surface area contributed by atoms with E-state index in [0.717, 1.165) is 31.8 Å². The Hall–Kier alpha value is -0.280. The van der Waals surface area contributed by atoms with Crippen LogP contribution in [0.15, 0.2) is 0 Å². The van der Waals surface area contributed by atoms with Crippen LogP contribution in [0.2, 0.25) is 0 Å². The van der Waals surface area contributed by atoms with Crippen LogP contribution < -0.4 is 10.6 Å². The van der Waals surface area contributed by atoms with Gasteiger partial charge in [0.05, 0.1) is 0 Å². The SMILES string of the molecule is CCCCC1CCC(C(=O)NC[C@@H](C)NCC)CC1.Cl. The van der Waals surface area contributed by atoms with E-state index >= 15 is 0 Å². The summed E-state index contributed by atoms with van der Waals surface area (Å²) in [5.74, 6) is 1.43. The van der Waals surface area contributed by atoms with Crippen LogP contribution in [-0.2, 0) is 4.79 Å². The van der Waals surface area contributed by atoms with Gasteiger partial charge in [-0.3, -0.25) is 4.79 Å². The number of carbonyl (C=O) groups is 1. The summed E-state index contributed by atoms with van der Waals surface area (Å²) in [5, 5.41) is 6.41. The monoisotopic (exact) mass is 304 g/mol. The molecule has 0 aromatic rings. The molecular weight excluding hydrogens is 272 g/mol. The molecule has 0 spiro atoms. The predicted molar refractivity (Wildman–Crippen MR) is 88.4 cm³/mol. The molecule has 1 amide bonds. The van der Waals surface area contributed by atoms with Gasteiger partial charge >= 0.3 is 0 Å². The van der Waals surface area contributed by atoms with Crippen molar-refractivity contribution in [1.82, 2.24) is 10.6 Å². The summed E-state index contributed by atoms with van der Waals surface area (Å²) in [7, 11) is 0. The number of rotatable bonds is 8. The lowest BCUT2D eigenvalue weighted by molar-refractivity contribution is -0.126. The van der Waals surface area contributed by atoms with E-state index in [0.29, 0.717) is 6.04 Å². The smallest absolute Gasteiger partial charge is 0.223 e. The van der Waals surface area contributed by atoms with Crippen molar-refractivity contribution in [2.45, 2.75) is 71.8 Å². The summed E-state index contributed by atoms with van der Waals surface area (Å²) in [6, 6.07) is 0.370. The van der Waals surface area contributed by atoms with E-state index in [1.165, 1.54) is 32.1 Å². The number of likely N-dealkylation sites (N-methyl/N-ethyl adjacent to an activating group) is 1. The van der Waals surface area contributed by atoms with Gasteiger partial charge in [-0.25, -0.2) is 0 Å². The topological polar surface area (TPSA) is 41.1 Å². The maximum absolute atomic E-state index is 12.1. The number of unbranched alkanes of at least 4 members (excludes halogenated alkanes) is 1. The number of hydrogen-bond acceptors (Lipinski definition) is 2. The lowest BCUT2D eigenvalue weighted by Gasteiger charge is -2.28. The van der Waals surface area contributed by atoms with Gasteiger partial charge in [-0.05, 0) is 45.1 Å². The molecule has 1 aliphatic carbocycles. The van der Waals surface area contributed by atoms with Crippen LogP contribution in [0, 0.1) is 11.8 Å². The van der Waals surface area contributed by atoms with E-state index in [1.807, 2.05) is 0 Å². The first-order chi connectivity index (χ1) is 9.17. The Labute approximate surface area is 131 Å². The molecule has 0 aromatic carbocycles. The van der Waals surface area contributed by atoms with Crippen molar-refractivity contribution in [3.63, 3.8) is 0 Å². The van der Waals surface area contributed by atoms with Gasteiger partial charge in [0.25, 0.3) is 0 Å². The van der Waals surface area contributed by atoms with E-state index in [2.05, 4.69) is 31.4 Å². The van der Waals surface area contributed by atoms with Gasteiger partial charge in [0.15, 0.2) is 0 Å². The average Bonchev–Trinajstić information content (AvgIpc) is 2.43. The van der Waals surface area contributed by atoms with Crippen LogP contribution in [0.4, 0.5) is 0 Å². The zero-order valence-corrected chi connectivity index (χ0v) is 14.2. The number of nitrogens with one attached hydrogen (secondary N) is 2. The minimum absolute atomic E-state index is 0. The van der Waals surface area contributed by atoms with Crippen molar-refractivity contribution in [2.75, 3.05) is 13.1 Å². The molecule has 0 unspecified atom stereocenters. The van der Waals surface area contributed by atoms with Crippen molar-refractivity contribution in [3.05, 3.63) is 0 Å². The van der Waals surface area contributed by atoms with Gasteiger partial charge < -0.3 is 10.6 Å². The second kappa shape index (κ2) is 11.4. The predicted octanol–water partition coefficient (Wildman–Crippen LogP) is 3.52. The fraction of sp³-hybridized carbons (Fsp3) is 0.938.